The van der Waals surface area contributed by atoms with E-state index < -0.39 is 0 Å². The molecular weight excluding hydrogens is 368 g/mol. The van der Waals surface area contributed by atoms with Crippen molar-refractivity contribution in [1.82, 2.24) is 40.0 Å². The highest BCUT2D eigenvalue weighted by Gasteiger charge is 2.30. The average Bonchev–Trinajstić information content (AvgIpc) is 3.34. The lowest BCUT2D eigenvalue weighted by Gasteiger charge is -2.35. The first-order valence-corrected chi connectivity index (χ1v) is 8.52. The van der Waals surface area contributed by atoms with E-state index in [0.29, 0.717) is 13.0 Å². The molecule has 0 bridgehead atoms. The third-order valence-corrected chi connectivity index (χ3v) is 4.63. The van der Waals surface area contributed by atoms with Gasteiger partial charge in [0.2, 0.25) is 5.91 Å². The number of hydrogen-bond acceptors (Lipinski definition) is 6. The van der Waals surface area contributed by atoms with Gasteiger partial charge in [0.05, 0.1) is 12.1 Å². The molecule has 1 saturated heterocycles. The maximum atomic E-state index is 12.9. The van der Waals surface area contributed by atoms with Gasteiger partial charge in [-0.15, -0.1) is 17.5 Å². The minimum Gasteiger partial charge on any atom is -0.336 e. The first-order valence-electron chi connectivity index (χ1n) is 8.52. The Morgan fingerprint density at radius 2 is 2.11 bits per heavy atom. The number of carbonyl (C=O) groups is 1. The highest BCUT2D eigenvalue weighted by atomic mass is 35.5. The molecule has 4 rings (SSSR count). The lowest BCUT2D eigenvalue weighted by Crippen LogP contribution is -2.49. The van der Waals surface area contributed by atoms with E-state index in [2.05, 4.69) is 25.8 Å². The quantitative estimate of drug-likeness (QED) is 0.700. The minimum absolute atomic E-state index is 0. The lowest BCUT2D eigenvalue weighted by molar-refractivity contribution is -0.134. The third kappa shape index (κ3) is 3.99. The second-order valence-electron chi connectivity index (χ2n) is 6.30. The Morgan fingerprint density at radius 3 is 2.78 bits per heavy atom. The Morgan fingerprint density at radius 1 is 1.30 bits per heavy atom. The van der Waals surface area contributed by atoms with E-state index in [1.165, 1.54) is 0 Å². The van der Waals surface area contributed by atoms with E-state index in [9.17, 15) is 4.79 Å². The molecule has 1 N–H and O–H groups in total. The molecule has 1 fully saturated rings. The van der Waals surface area contributed by atoms with Crippen LogP contribution in [0.3, 0.4) is 0 Å². The summed E-state index contributed by atoms with van der Waals surface area (Å²) in [4.78, 5) is 19.3. The molecule has 2 aromatic heterocycles. The molecule has 1 aliphatic heterocycles. The predicted octanol–water partition coefficient (Wildman–Crippen LogP) is 0.533. The van der Waals surface area contributed by atoms with Crippen molar-refractivity contribution in [3.63, 3.8) is 0 Å². The first-order chi connectivity index (χ1) is 12.7. The van der Waals surface area contributed by atoms with Crippen molar-refractivity contribution >= 4 is 18.3 Å². The molecule has 0 saturated carbocycles. The largest absolute Gasteiger partial charge is 0.336 e. The molecule has 3 aromatic rings. The maximum Gasteiger partial charge on any atom is 0.227 e. The van der Waals surface area contributed by atoms with Crippen molar-refractivity contribution in [1.29, 1.82) is 0 Å². The van der Waals surface area contributed by atoms with Gasteiger partial charge in [-0.05, 0) is 28.1 Å². The van der Waals surface area contributed by atoms with Gasteiger partial charge in [0.15, 0.2) is 0 Å². The number of nitrogens with one attached hydrogen (secondary N) is 1. The first kappa shape index (κ1) is 19.0. The van der Waals surface area contributed by atoms with Crippen LogP contribution in [0.2, 0.25) is 0 Å². The molecule has 10 heteroatoms. The van der Waals surface area contributed by atoms with Crippen LogP contribution in [0.15, 0.2) is 43.0 Å². The molecule has 3 heterocycles. The third-order valence-electron chi connectivity index (χ3n) is 4.63. The Bertz CT molecular complexity index is 877. The van der Waals surface area contributed by atoms with Gasteiger partial charge in [0, 0.05) is 39.1 Å². The number of tetrazole rings is 1. The van der Waals surface area contributed by atoms with Crippen molar-refractivity contribution in [2.45, 2.75) is 12.5 Å². The fraction of sp³-hybridized carbons (Fsp3) is 0.353. The second-order valence-corrected chi connectivity index (χ2v) is 6.30. The minimum atomic E-state index is -0.0447. The summed E-state index contributed by atoms with van der Waals surface area (Å²) in [7, 11) is 1.96. The number of nitrogens with zero attached hydrogens (tertiary/aromatic N) is 7. The van der Waals surface area contributed by atoms with Crippen molar-refractivity contribution in [2.24, 2.45) is 7.05 Å². The summed E-state index contributed by atoms with van der Waals surface area (Å²) in [5.74, 6) is 1.01. The topological polar surface area (TPSA) is 93.8 Å². The summed E-state index contributed by atoms with van der Waals surface area (Å²) in [5.41, 5.74) is 1.82. The molecular formula is C17H21ClN8O. The molecule has 9 nitrogen and oxygen atoms in total. The summed E-state index contributed by atoms with van der Waals surface area (Å²) in [5, 5.41) is 14.5. The Kier molecular flexibility index (Phi) is 5.82. The van der Waals surface area contributed by atoms with E-state index in [1.54, 1.807) is 17.2 Å². The fourth-order valence-corrected chi connectivity index (χ4v) is 3.25. The van der Waals surface area contributed by atoms with Crippen molar-refractivity contribution < 1.29 is 4.79 Å². The van der Waals surface area contributed by atoms with Crippen molar-refractivity contribution in [3.8, 4) is 5.69 Å². The monoisotopic (exact) mass is 388 g/mol. The number of benzene rings is 1. The van der Waals surface area contributed by atoms with Crippen LogP contribution in [0.1, 0.15) is 17.4 Å². The van der Waals surface area contributed by atoms with Crippen molar-refractivity contribution in [3.05, 3.63) is 54.4 Å². The fourth-order valence-electron chi connectivity index (χ4n) is 3.25. The average molecular weight is 389 g/mol. The summed E-state index contributed by atoms with van der Waals surface area (Å²) in [6.45, 7) is 2.19. The van der Waals surface area contributed by atoms with Crippen molar-refractivity contribution in [2.75, 3.05) is 19.6 Å². The number of halogens is 1. The van der Waals surface area contributed by atoms with Crippen LogP contribution in [-0.4, -0.2) is 60.2 Å². The Labute approximate surface area is 162 Å². The number of rotatable bonds is 4. The van der Waals surface area contributed by atoms with Crippen LogP contribution in [-0.2, 0) is 18.3 Å². The standard InChI is InChI=1S/C17H20N8O.ClH/c1-23-8-7-19-17(23)15-11-18-6-9-24(15)16(26)10-13-2-4-14(5-3-13)25-12-20-21-22-25;/h2-5,7-8,12,15,18H,6,9-11H2,1H3;1H. The number of aryl methyl sites for hydroxylation is 1. The zero-order valence-electron chi connectivity index (χ0n) is 14.9. The van der Waals surface area contributed by atoms with Gasteiger partial charge >= 0.3 is 0 Å². The summed E-state index contributed by atoms with van der Waals surface area (Å²) in [6, 6.07) is 7.65. The zero-order valence-corrected chi connectivity index (χ0v) is 15.7. The molecule has 142 valence electrons. The van der Waals surface area contributed by atoms with Gasteiger partial charge in [-0.2, -0.15) is 0 Å². The van der Waals surface area contributed by atoms with Gasteiger partial charge in [0.25, 0.3) is 0 Å². The van der Waals surface area contributed by atoms with Gasteiger partial charge in [-0.1, -0.05) is 12.1 Å². The van der Waals surface area contributed by atoms with E-state index in [-0.39, 0.29) is 24.4 Å². The van der Waals surface area contributed by atoms with E-state index in [0.717, 1.165) is 30.2 Å². The predicted molar refractivity (Wildman–Crippen MR) is 101 cm³/mol. The number of hydrogen-bond donors (Lipinski definition) is 1. The van der Waals surface area contributed by atoms with Crippen LogP contribution < -0.4 is 5.32 Å². The molecule has 1 unspecified atom stereocenters. The summed E-state index contributed by atoms with van der Waals surface area (Å²) in [6.07, 6.45) is 5.57. The van der Waals surface area contributed by atoms with Gasteiger partial charge in [-0.25, -0.2) is 9.67 Å². The molecule has 0 spiro atoms. The highest BCUT2D eigenvalue weighted by molar-refractivity contribution is 5.85. The van der Waals surface area contributed by atoms with Crippen LogP contribution >= 0.6 is 12.4 Å². The van der Waals surface area contributed by atoms with Gasteiger partial charge < -0.3 is 14.8 Å². The Hall–Kier alpha value is -2.78. The zero-order chi connectivity index (χ0) is 17.9. The van der Waals surface area contributed by atoms with Gasteiger partial charge in [-0.3, -0.25) is 4.79 Å². The van der Waals surface area contributed by atoms with Crippen LogP contribution in [0.4, 0.5) is 0 Å². The maximum absolute atomic E-state index is 12.9. The lowest BCUT2D eigenvalue weighted by atomic mass is 10.1. The smallest absolute Gasteiger partial charge is 0.227 e. The molecule has 1 atom stereocenters. The van der Waals surface area contributed by atoms with Crippen LogP contribution in [0.25, 0.3) is 5.69 Å². The van der Waals surface area contributed by atoms with Crippen LogP contribution in [0, 0.1) is 0 Å². The molecule has 1 aromatic carbocycles. The Balaban J connectivity index is 0.00000210. The molecule has 0 aliphatic carbocycles. The van der Waals surface area contributed by atoms with E-state index in [4.69, 9.17) is 0 Å². The second kappa shape index (κ2) is 8.28. The molecule has 1 amide bonds. The normalized spacial score (nSPS) is 16.8. The van der Waals surface area contributed by atoms with Gasteiger partial charge in [0.1, 0.15) is 18.2 Å². The summed E-state index contributed by atoms with van der Waals surface area (Å²) < 4.78 is 3.55. The molecule has 0 radical (unpaired) electrons. The number of amides is 1. The number of carbonyl (C=O) groups excluding carboxylic acids is 1. The van der Waals surface area contributed by atoms with Crippen LogP contribution in [0.5, 0.6) is 0 Å². The number of imidazole rings is 1. The van der Waals surface area contributed by atoms with E-state index in [1.807, 2.05) is 47.0 Å². The summed E-state index contributed by atoms with van der Waals surface area (Å²) >= 11 is 0. The highest BCUT2D eigenvalue weighted by Crippen LogP contribution is 2.21. The molecule has 27 heavy (non-hydrogen) atoms. The number of piperazine rings is 1. The van der Waals surface area contributed by atoms with E-state index >= 15 is 0 Å². The SMILES string of the molecule is Cl.Cn1ccnc1C1CNCCN1C(=O)Cc1ccc(-n2cnnn2)cc1. The molecule has 1 aliphatic rings. The number of aromatic nitrogens is 6.